The highest BCUT2D eigenvalue weighted by Gasteiger charge is 2.16. The van der Waals surface area contributed by atoms with Crippen LogP contribution < -0.4 is 10.6 Å². The highest BCUT2D eigenvalue weighted by atomic mass is 35.5. The molecule has 1 aromatic rings. The first-order chi connectivity index (χ1) is 8.16. The lowest BCUT2D eigenvalue weighted by Gasteiger charge is -2.10. The molecule has 1 aliphatic rings. The molecule has 0 radical (unpaired) electrons. The Morgan fingerprint density at radius 2 is 2.41 bits per heavy atom. The lowest BCUT2D eigenvalue weighted by Crippen LogP contribution is -2.30. The summed E-state index contributed by atoms with van der Waals surface area (Å²) in [5, 5.41) is 6.25. The molecule has 2 rings (SSSR count). The number of rotatable bonds is 4. The zero-order valence-corrected chi connectivity index (χ0v) is 11.6. The summed E-state index contributed by atoms with van der Waals surface area (Å²) in [6.45, 7) is 1.75. The maximum atomic E-state index is 11.8. The van der Waals surface area contributed by atoms with E-state index in [1.807, 2.05) is 0 Å². The molecule has 0 unspecified atom stereocenters. The van der Waals surface area contributed by atoms with Crippen LogP contribution in [0.3, 0.4) is 0 Å². The van der Waals surface area contributed by atoms with E-state index in [0.29, 0.717) is 26.8 Å². The van der Waals surface area contributed by atoms with Crippen molar-refractivity contribution in [2.75, 3.05) is 13.1 Å². The Bertz CT molecular complexity index is 402. The van der Waals surface area contributed by atoms with Gasteiger partial charge in [0, 0.05) is 12.6 Å². The number of hydrogen-bond donors (Lipinski definition) is 2. The first-order valence-corrected chi connectivity index (χ1v) is 7.20. The van der Waals surface area contributed by atoms with Crippen molar-refractivity contribution in [2.45, 2.75) is 25.3 Å². The first kappa shape index (κ1) is 13.1. The van der Waals surface area contributed by atoms with Gasteiger partial charge in [-0.1, -0.05) is 23.2 Å². The number of halogens is 2. The van der Waals surface area contributed by atoms with Gasteiger partial charge in [0.05, 0.1) is 9.90 Å². The van der Waals surface area contributed by atoms with Crippen LogP contribution in [-0.4, -0.2) is 25.0 Å². The zero-order valence-electron chi connectivity index (χ0n) is 9.26. The van der Waals surface area contributed by atoms with E-state index in [1.54, 1.807) is 6.07 Å². The maximum Gasteiger partial charge on any atom is 0.253 e. The molecule has 0 bridgehead atoms. The largest absolute Gasteiger partial charge is 0.352 e. The fourth-order valence-corrected chi connectivity index (χ4v) is 3.41. The predicted octanol–water partition coefficient (Wildman–Crippen LogP) is 2.93. The summed E-state index contributed by atoms with van der Waals surface area (Å²) in [5.74, 6) is -0.142. The number of hydrogen-bond acceptors (Lipinski definition) is 3. The Morgan fingerprint density at radius 3 is 3.00 bits per heavy atom. The van der Waals surface area contributed by atoms with Gasteiger partial charge < -0.3 is 10.6 Å². The highest BCUT2D eigenvalue weighted by Crippen LogP contribution is 2.30. The average molecular weight is 293 g/mol. The standard InChI is InChI=1S/C11H14Cl2N2OS/c12-9-6-8(10(13)17-9)11(16)15-5-3-7-2-1-4-14-7/h6-7,14H,1-5H2,(H,15,16)/t7-/m1/s1. The van der Waals surface area contributed by atoms with Gasteiger partial charge in [0.1, 0.15) is 4.34 Å². The second-order valence-electron chi connectivity index (χ2n) is 4.08. The molecule has 2 N–H and O–H groups in total. The smallest absolute Gasteiger partial charge is 0.253 e. The molecule has 1 amide bonds. The fourth-order valence-electron chi connectivity index (χ4n) is 1.95. The fraction of sp³-hybridized carbons (Fsp3) is 0.545. The van der Waals surface area contributed by atoms with E-state index in [9.17, 15) is 4.79 Å². The van der Waals surface area contributed by atoms with Crippen molar-refractivity contribution in [1.29, 1.82) is 0 Å². The van der Waals surface area contributed by atoms with Crippen LogP contribution in [0.25, 0.3) is 0 Å². The molecule has 0 saturated carbocycles. The summed E-state index contributed by atoms with van der Waals surface area (Å²) in [6.07, 6.45) is 3.38. The van der Waals surface area contributed by atoms with Crippen molar-refractivity contribution < 1.29 is 4.79 Å². The average Bonchev–Trinajstić information content (AvgIpc) is 2.88. The third kappa shape index (κ3) is 3.58. The Morgan fingerprint density at radius 1 is 1.59 bits per heavy atom. The van der Waals surface area contributed by atoms with Crippen molar-refractivity contribution in [3.63, 3.8) is 0 Å². The van der Waals surface area contributed by atoms with Crippen molar-refractivity contribution in [2.24, 2.45) is 0 Å². The van der Waals surface area contributed by atoms with Gasteiger partial charge in [0.2, 0.25) is 0 Å². The molecule has 2 heterocycles. The van der Waals surface area contributed by atoms with Crippen LogP contribution in [0.1, 0.15) is 29.6 Å². The van der Waals surface area contributed by atoms with E-state index in [1.165, 1.54) is 24.2 Å². The minimum Gasteiger partial charge on any atom is -0.352 e. The van der Waals surface area contributed by atoms with Crippen LogP contribution in [0, 0.1) is 0 Å². The SMILES string of the molecule is O=C(NCC[C@H]1CCCN1)c1cc(Cl)sc1Cl. The number of carbonyl (C=O) groups excluding carboxylic acids is 1. The molecule has 1 saturated heterocycles. The van der Waals surface area contributed by atoms with Gasteiger partial charge in [-0.25, -0.2) is 0 Å². The molecule has 1 aliphatic heterocycles. The molecule has 94 valence electrons. The van der Waals surface area contributed by atoms with E-state index < -0.39 is 0 Å². The van der Waals surface area contributed by atoms with E-state index in [4.69, 9.17) is 23.2 Å². The van der Waals surface area contributed by atoms with Gasteiger partial charge in [0.25, 0.3) is 5.91 Å². The minimum absolute atomic E-state index is 0.142. The van der Waals surface area contributed by atoms with Gasteiger partial charge in [0.15, 0.2) is 0 Å². The topological polar surface area (TPSA) is 41.1 Å². The predicted molar refractivity (Wildman–Crippen MR) is 72.3 cm³/mol. The van der Waals surface area contributed by atoms with Gasteiger partial charge >= 0.3 is 0 Å². The van der Waals surface area contributed by atoms with Gasteiger partial charge in [-0.3, -0.25) is 4.79 Å². The van der Waals surface area contributed by atoms with E-state index in [0.717, 1.165) is 13.0 Å². The number of nitrogens with one attached hydrogen (secondary N) is 2. The second-order valence-corrected chi connectivity index (χ2v) is 6.36. The molecular weight excluding hydrogens is 279 g/mol. The lowest BCUT2D eigenvalue weighted by atomic mass is 10.1. The van der Waals surface area contributed by atoms with E-state index in [-0.39, 0.29) is 5.91 Å². The Hall–Kier alpha value is -0.290. The van der Waals surface area contributed by atoms with Crippen LogP contribution in [0.5, 0.6) is 0 Å². The van der Waals surface area contributed by atoms with Crippen LogP contribution >= 0.6 is 34.5 Å². The molecule has 6 heteroatoms. The summed E-state index contributed by atoms with van der Waals surface area (Å²) < 4.78 is 0.990. The second kappa shape index (κ2) is 6.05. The summed E-state index contributed by atoms with van der Waals surface area (Å²) >= 11 is 12.9. The number of thiophene rings is 1. The minimum atomic E-state index is -0.142. The first-order valence-electron chi connectivity index (χ1n) is 5.63. The normalized spacial score (nSPS) is 19.5. The van der Waals surface area contributed by atoms with Gasteiger partial charge in [-0.05, 0) is 31.9 Å². The lowest BCUT2D eigenvalue weighted by molar-refractivity contribution is 0.0953. The molecule has 0 aliphatic carbocycles. The molecular formula is C11H14Cl2N2OS. The Labute approximate surface area is 114 Å². The molecule has 1 atom stereocenters. The van der Waals surface area contributed by atoms with E-state index >= 15 is 0 Å². The number of amides is 1. The molecule has 3 nitrogen and oxygen atoms in total. The molecule has 0 spiro atoms. The van der Waals surface area contributed by atoms with Crippen LogP contribution in [0.15, 0.2) is 6.07 Å². The Kier molecular flexibility index (Phi) is 4.68. The van der Waals surface area contributed by atoms with Crippen LogP contribution in [0.4, 0.5) is 0 Å². The Balaban J connectivity index is 1.78. The van der Waals surface area contributed by atoms with Crippen molar-refractivity contribution in [3.05, 3.63) is 20.3 Å². The van der Waals surface area contributed by atoms with Gasteiger partial charge in [-0.2, -0.15) is 0 Å². The van der Waals surface area contributed by atoms with Crippen LogP contribution in [0.2, 0.25) is 8.67 Å². The monoisotopic (exact) mass is 292 g/mol. The third-order valence-corrected chi connectivity index (χ3v) is 4.33. The summed E-state index contributed by atoms with van der Waals surface area (Å²) in [4.78, 5) is 11.8. The molecule has 17 heavy (non-hydrogen) atoms. The van der Waals surface area contributed by atoms with Crippen LogP contribution in [-0.2, 0) is 0 Å². The van der Waals surface area contributed by atoms with Crippen molar-refractivity contribution in [3.8, 4) is 0 Å². The highest BCUT2D eigenvalue weighted by molar-refractivity contribution is 7.20. The number of carbonyl (C=O) groups is 1. The summed E-state index contributed by atoms with van der Waals surface area (Å²) in [5.41, 5.74) is 0.473. The zero-order chi connectivity index (χ0) is 12.3. The maximum absolute atomic E-state index is 11.8. The molecule has 1 fully saturated rings. The molecule has 0 aromatic carbocycles. The van der Waals surface area contributed by atoms with Gasteiger partial charge in [-0.15, -0.1) is 11.3 Å². The summed E-state index contributed by atoms with van der Waals surface area (Å²) in [6, 6.07) is 2.15. The quantitative estimate of drug-likeness (QED) is 0.896. The molecule has 1 aromatic heterocycles. The summed E-state index contributed by atoms with van der Waals surface area (Å²) in [7, 11) is 0. The third-order valence-electron chi connectivity index (χ3n) is 2.84. The van der Waals surface area contributed by atoms with Crippen molar-refractivity contribution in [1.82, 2.24) is 10.6 Å². The van der Waals surface area contributed by atoms with Crippen molar-refractivity contribution >= 4 is 40.4 Å². The van der Waals surface area contributed by atoms with E-state index in [2.05, 4.69) is 10.6 Å².